The Morgan fingerprint density at radius 3 is 2.72 bits per heavy atom. The number of carbonyl (C=O) groups is 3. The Morgan fingerprint density at radius 2 is 2.04 bits per heavy atom. The number of aliphatic carboxylic acids is 1. The lowest BCUT2D eigenvalue weighted by molar-refractivity contribution is -0.142. The predicted octanol–water partition coefficient (Wildman–Crippen LogP) is 1.48. The molecular weight excluding hydrogens is 342 g/mol. The Bertz CT molecular complexity index is 500. The predicted molar refractivity (Wildman–Crippen MR) is 97.6 cm³/mol. The molecule has 2 unspecified atom stereocenters. The minimum Gasteiger partial charge on any atom is -0.481 e. The largest absolute Gasteiger partial charge is 0.481 e. The molecule has 0 aromatic heterocycles. The monoisotopic (exact) mass is 371 g/mol. The first-order valence-corrected chi connectivity index (χ1v) is 10.2. The second kappa shape index (κ2) is 9.31. The highest BCUT2D eigenvalue weighted by atomic mass is 32.2. The first kappa shape index (κ1) is 19.9. The van der Waals surface area contributed by atoms with E-state index in [1.807, 2.05) is 13.8 Å². The van der Waals surface area contributed by atoms with Crippen molar-refractivity contribution in [3.05, 3.63) is 0 Å². The van der Waals surface area contributed by atoms with E-state index in [0.29, 0.717) is 37.8 Å². The number of carbonyl (C=O) groups excluding carboxylic acids is 2. The van der Waals surface area contributed by atoms with Crippen molar-refractivity contribution in [3.8, 4) is 0 Å². The van der Waals surface area contributed by atoms with Gasteiger partial charge in [-0.05, 0) is 18.8 Å². The Morgan fingerprint density at radius 1 is 1.28 bits per heavy atom. The number of nitrogens with one attached hydrogen (secondary N) is 1. The molecule has 2 N–H and O–H groups in total. The lowest BCUT2D eigenvalue weighted by atomic mass is 9.95. The zero-order valence-corrected chi connectivity index (χ0v) is 15.9. The number of carboxylic acid groups (broad SMARTS) is 1. The van der Waals surface area contributed by atoms with Gasteiger partial charge in [0.15, 0.2) is 0 Å². The molecule has 2 aliphatic rings. The summed E-state index contributed by atoms with van der Waals surface area (Å²) in [6.07, 6.45) is 1.55. The van der Waals surface area contributed by atoms with Gasteiger partial charge in [0.05, 0.1) is 18.4 Å². The third-order valence-electron chi connectivity index (χ3n) is 4.64. The van der Waals surface area contributed by atoms with Crippen LogP contribution >= 0.6 is 11.8 Å². The zero-order valence-electron chi connectivity index (χ0n) is 15.1. The van der Waals surface area contributed by atoms with Crippen LogP contribution in [-0.4, -0.2) is 76.5 Å². The number of piperidine rings is 1. The van der Waals surface area contributed by atoms with Crippen LogP contribution in [0.2, 0.25) is 0 Å². The quantitative estimate of drug-likeness (QED) is 0.764. The van der Waals surface area contributed by atoms with Crippen LogP contribution in [0, 0.1) is 11.8 Å². The van der Waals surface area contributed by atoms with Crippen molar-refractivity contribution in [1.29, 1.82) is 0 Å². The average molecular weight is 372 g/mol. The highest BCUT2D eigenvalue weighted by Gasteiger charge is 2.35. The molecule has 0 saturated carbocycles. The van der Waals surface area contributed by atoms with E-state index in [0.717, 1.165) is 18.6 Å². The Balaban J connectivity index is 1.95. The molecule has 0 bridgehead atoms. The van der Waals surface area contributed by atoms with Gasteiger partial charge in [-0.2, -0.15) is 11.8 Å². The lowest BCUT2D eigenvalue weighted by Gasteiger charge is -2.39. The first-order chi connectivity index (χ1) is 11.9. The molecule has 2 rings (SSSR count). The molecule has 0 aromatic carbocycles. The van der Waals surface area contributed by atoms with Crippen LogP contribution in [0.15, 0.2) is 0 Å². The molecule has 2 heterocycles. The molecular formula is C17H29N3O4S. The van der Waals surface area contributed by atoms with Crippen LogP contribution in [0.4, 0.5) is 4.79 Å². The molecule has 7 nitrogen and oxygen atoms in total. The van der Waals surface area contributed by atoms with Crippen molar-refractivity contribution in [2.24, 2.45) is 11.8 Å². The number of urea groups is 1. The third-order valence-corrected chi connectivity index (χ3v) is 5.73. The van der Waals surface area contributed by atoms with Gasteiger partial charge in [-0.1, -0.05) is 13.8 Å². The van der Waals surface area contributed by atoms with Crippen molar-refractivity contribution in [3.63, 3.8) is 0 Å². The van der Waals surface area contributed by atoms with Crippen LogP contribution in [0.3, 0.4) is 0 Å². The Hall–Kier alpha value is -1.44. The van der Waals surface area contributed by atoms with Gasteiger partial charge in [0.1, 0.15) is 0 Å². The SMILES string of the molecule is CC(C)CNC(=O)N1CCCC(C(=O)N2CCSCC2CC(=O)O)C1. The maximum atomic E-state index is 12.9. The summed E-state index contributed by atoms with van der Waals surface area (Å²) in [7, 11) is 0. The third kappa shape index (κ3) is 5.80. The summed E-state index contributed by atoms with van der Waals surface area (Å²) in [5, 5.41) is 12.0. The second-order valence-corrected chi connectivity index (χ2v) is 8.37. The molecule has 2 aliphatic heterocycles. The summed E-state index contributed by atoms with van der Waals surface area (Å²) in [5.74, 6) is 0.805. The van der Waals surface area contributed by atoms with Crippen molar-refractivity contribution in [1.82, 2.24) is 15.1 Å². The van der Waals surface area contributed by atoms with Gasteiger partial charge in [0, 0.05) is 37.7 Å². The van der Waals surface area contributed by atoms with Gasteiger partial charge in [-0.25, -0.2) is 4.79 Å². The normalized spacial score (nSPS) is 24.3. The fourth-order valence-corrected chi connectivity index (χ4v) is 4.38. The molecule has 2 atom stereocenters. The number of likely N-dealkylation sites (tertiary alicyclic amines) is 1. The van der Waals surface area contributed by atoms with Crippen molar-refractivity contribution in [2.75, 3.05) is 37.7 Å². The second-order valence-electron chi connectivity index (χ2n) is 7.22. The molecule has 2 saturated heterocycles. The molecule has 3 amide bonds. The summed E-state index contributed by atoms with van der Waals surface area (Å²) >= 11 is 1.70. The van der Waals surface area contributed by atoms with Crippen LogP contribution in [0.25, 0.3) is 0 Å². The van der Waals surface area contributed by atoms with Gasteiger partial charge in [0.25, 0.3) is 0 Å². The number of amides is 3. The number of hydrogen-bond donors (Lipinski definition) is 2. The molecule has 2 fully saturated rings. The first-order valence-electron chi connectivity index (χ1n) is 9.01. The fraction of sp³-hybridized carbons (Fsp3) is 0.824. The van der Waals surface area contributed by atoms with Crippen LogP contribution in [0.5, 0.6) is 0 Å². The van der Waals surface area contributed by atoms with E-state index in [1.54, 1.807) is 21.6 Å². The van der Waals surface area contributed by atoms with Crippen LogP contribution < -0.4 is 5.32 Å². The number of rotatable bonds is 5. The van der Waals surface area contributed by atoms with E-state index >= 15 is 0 Å². The molecule has 25 heavy (non-hydrogen) atoms. The van der Waals surface area contributed by atoms with E-state index in [-0.39, 0.29) is 30.3 Å². The summed E-state index contributed by atoms with van der Waals surface area (Å²) in [6, 6.07) is -0.351. The number of nitrogens with zero attached hydrogens (tertiary/aromatic N) is 2. The highest BCUT2D eigenvalue weighted by molar-refractivity contribution is 7.99. The van der Waals surface area contributed by atoms with Gasteiger partial charge in [0.2, 0.25) is 5.91 Å². The van der Waals surface area contributed by atoms with Gasteiger partial charge in [-0.15, -0.1) is 0 Å². The molecule has 0 radical (unpaired) electrons. The molecule has 142 valence electrons. The Labute approximate surface area is 153 Å². The van der Waals surface area contributed by atoms with Crippen molar-refractivity contribution in [2.45, 2.75) is 39.2 Å². The van der Waals surface area contributed by atoms with Crippen LogP contribution in [-0.2, 0) is 9.59 Å². The van der Waals surface area contributed by atoms with E-state index in [1.165, 1.54) is 0 Å². The standard InChI is InChI=1S/C17H29N3O4S/c1-12(2)9-18-17(24)19-5-3-4-13(10-19)16(23)20-6-7-25-11-14(20)8-15(21)22/h12-14H,3-11H2,1-2H3,(H,18,24)(H,21,22). The molecule has 0 spiro atoms. The smallest absolute Gasteiger partial charge is 0.317 e. The van der Waals surface area contributed by atoms with E-state index < -0.39 is 5.97 Å². The van der Waals surface area contributed by atoms with Crippen LogP contribution in [0.1, 0.15) is 33.1 Å². The lowest BCUT2D eigenvalue weighted by Crippen LogP contribution is -2.54. The van der Waals surface area contributed by atoms with E-state index in [9.17, 15) is 14.4 Å². The maximum Gasteiger partial charge on any atom is 0.317 e. The summed E-state index contributed by atoms with van der Waals surface area (Å²) < 4.78 is 0. The minimum atomic E-state index is -0.872. The molecule has 0 aromatic rings. The summed E-state index contributed by atoms with van der Waals surface area (Å²) in [4.78, 5) is 39.7. The number of hydrogen-bond acceptors (Lipinski definition) is 4. The number of thioether (sulfide) groups is 1. The molecule has 8 heteroatoms. The van der Waals surface area contributed by atoms with E-state index in [2.05, 4.69) is 5.32 Å². The summed E-state index contributed by atoms with van der Waals surface area (Å²) in [6.45, 7) is 6.39. The van der Waals surface area contributed by atoms with E-state index in [4.69, 9.17) is 5.11 Å². The van der Waals surface area contributed by atoms with Gasteiger partial charge in [-0.3, -0.25) is 9.59 Å². The highest BCUT2D eigenvalue weighted by Crippen LogP contribution is 2.25. The minimum absolute atomic E-state index is 0.00732. The van der Waals surface area contributed by atoms with Crippen molar-refractivity contribution < 1.29 is 19.5 Å². The van der Waals surface area contributed by atoms with Crippen molar-refractivity contribution >= 4 is 29.7 Å². The maximum absolute atomic E-state index is 12.9. The van der Waals surface area contributed by atoms with Gasteiger partial charge >= 0.3 is 12.0 Å². The topological polar surface area (TPSA) is 90.0 Å². The fourth-order valence-electron chi connectivity index (χ4n) is 3.32. The molecule has 0 aliphatic carbocycles. The zero-order chi connectivity index (χ0) is 18.4. The Kier molecular flexibility index (Phi) is 7.40. The summed E-state index contributed by atoms with van der Waals surface area (Å²) in [5.41, 5.74) is 0. The van der Waals surface area contributed by atoms with Gasteiger partial charge < -0.3 is 20.2 Å². The average Bonchev–Trinajstić information content (AvgIpc) is 2.59. The number of carboxylic acids is 1.